The van der Waals surface area contributed by atoms with Crippen LogP contribution >= 0.6 is 0 Å². The van der Waals surface area contributed by atoms with Gasteiger partial charge in [0.05, 0.1) is 7.11 Å². The number of nitrogens with zero attached hydrogens (tertiary/aromatic N) is 2. The maximum atomic E-state index is 11.4. The predicted octanol–water partition coefficient (Wildman–Crippen LogP) is 0.396. The molecule has 2 amide bonds. The highest BCUT2D eigenvalue weighted by molar-refractivity contribution is 5.75. The first-order valence-electron chi connectivity index (χ1n) is 4.83. The number of hydrogen-bond acceptors (Lipinski definition) is 3. The van der Waals surface area contributed by atoms with Crippen LogP contribution in [0.15, 0.2) is 0 Å². The third kappa shape index (κ3) is 3.09. The van der Waals surface area contributed by atoms with Gasteiger partial charge in [0.25, 0.3) is 0 Å². The Bertz CT molecular complexity index is 256. The monoisotopic (exact) mass is 216 g/mol. The minimum Gasteiger partial charge on any atom is -0.465 e. The van der Waals surface area contributed by atoms with Crippen molar-refractivity contribution < 1.29 is 19.5 Å². The van der Waals surface area contributed by atoms with Crippen molar-refractivity contribution in [1.29, 1.82) is 0 Å². The Morgan fingerprint density at radius 3 is 2.73 bits per heavy atom. The number of rotatable bonds is 3. The van der Waals surface area contributed by atoms with Crippen molar-refractivity contribution in [3.05, 3.63) is 0 Å². The molecule has 6 nitrogen and oxygen atoms in total. The van der Waals surface area contributed by atoms with Crippen LogP contribution in [-0.2, 0) is 9.63 Å². The van der Waals surface area contributed by atoms with E-state index in [1.807, 2.05) is 0 Å². The molecular weight excluding hydrogens is 200 g/mol. The Balaban J connectivity index is 2.36. The number of carbonyl (C=O) groups excluding carboxylic acids is 1. The fraction of sp³-hybridized carbons (Fsp3) is 0.778. The van der Waals surface area contributed by atoms with Crippen LogP contribution in [0.1, 0.15) is 12.8 Å². The molecule has 0 saturated carbocycles. The fourth-order valence-corrected chi connectivity index (χ4v) is 1.65. The summed E-state index contributed by atoms with van der Waals surface area (Å²) in [6, 6.07) is 0. The van der Waals surface area contributed by atoms with Crippen LogP contribution in [0.5, 0.6) is 0 Å². The van der Waals surface area contributed by atoms with Gasteiger partial charge in [0.2, 0.25) is 5.91 Å². The molecule has 0 aromatic rings. The first kappa shape index (κ1) is 11.8. The molecule has 0 aromatic carbocycles. The molecule has 1 atom stereocenters. The number of carbonyl (C=O) groups is 2. The molecule has 1 aliphatic rings. The summed E-state index contributed by atoms with van der Waals surface area (Å²) >= 11 is 0. The van der Waals surface area contributed by atoms with Gasteiger partial charge in [0, 0.05) is 26.6 Å². The predicted molar refractivity (Wildman–Crippen MR) is 52.1 cm³/mol. The van der Waals surface area contributed by atoms with Crippen LogP contribution in [0.4, 0.5) is 4.79 Å². The normalized spacial score (nSPS) is 20.4. The Morgan fingerprint density at radius 2 is 2.27 bits per heavy atom. The van der Waals surface area contributed by atoms with Gasteiger partial charge >= 0.3 is 6.09 Å². The lowest BCUT2D eigenvalue weighted by molar-refractivity contribution is -0.169. The molecule has 1 N–H and O–H groups in total. The highest BCUT2D eigenvalue weighted by Gasteiger charge is 2.28. The second-order valence-corrected chi connectivity index (χ2v) is 3.66. The van der Waals surface area contributed by atoms with E-state index in [0.29, 0.717) is 19.5 Å². The van der Waals surface area contributed by atoms with E-state index in [2.05, 4.69) is 0 Å². The molecule has 1 unspecified atom stereocenters. The van der Waals surface area contributed by atoms with Crippen LogP contribution < -0.4 is 0 Å². The molecule has 0 spiro atoms. The largest absolute Gasteiger partial charge is 0.465 e. The summed E-state index contributed by atoms with van der Waals surface area (Å²) in [5.41, 5.74) is 0. The zero-order valence-electron chi connectivity index (χ0n) is 8.97. The molecule has 1 fully saturated rings. The lowest BCUT2D eigenvalue weighted by Crippen LogP contribution is -2.30. The van der Waals surface area contributed by atoms with E-state index in [1.54, 1.807) is 7.05 Å². The Hall–Kier alpha value is -1.30. The van der Waals surface area contributed by atoms with Crippen LogP contribution in [0.3, 0.4) is 0 Å². The number of likely N-dealkylation sites (tertiary alicyclic amines) is 1. The van der Waals surface area contributed by atoms with E-state index >= 15 is 0 Å². The van der Waals surface area contributed by atoms with E-state index in [1.165, 1.54) is 17.1 Å². The SMILES string of the molecule is CON(C)C(=O)CC1CCN(C(=O)O)C1. The van der Waals surface area contributed by atoms with E-state index in [4.69, 9.17) is 9.94 Å². The van der Waals surface area contributed by atoms with E-state index in [0.717, 1.165) is 6.42 Å². The van der Waals surface area contributed by atoms with Gasteiger partial charge in [-0.1, -0.05) is 0 Å². The Morgan fingerprint density at radius 1 is 1.60 bits per heavy atom. The summed E-state index contributed by atoms with van der Waals surface area (Å²) in [6.07, 6.45) is 0.175. The van der Waals surface area contributed by atoms with Gasteiger partial charge in [-0.15, -0.1) is 0 Å². The zero-order valence-corrected chi connectivity index (χ0v) is 8.97. The topological polar surface area (TPSA) is 70.1 Å². The molecule has 0 bridgehead atoms. The van der Waals surface area contributed by atoms with Crippen LogP contribution in [0, 0.1) is 5.92 Å². The minimum atomic E-state index is -0.912. The zero-order chi connectivity index (χ0) is 11.4. The highest BCUT2D eigenvalue weighted by atomic mass is 16.7. The molecule has 0 aliphatic carbocycles. The summed E-state index contributed by atoms with van der Waals surface area (Å²) in [7, 11) is 2.97. The molecule has 1 aliphatic heterocycles. The second kappa shape index (κ2) is 4.97. The maximum absolute atomic E-state index is 11.4. The molecule has 0 radical (unpaired) electrons. The van der Waals surface area contributed by atoms with Crippen LogP contribution in [-0.4, -0.2) is 54.3 Å². The molecular formula is C9H16N2O4. The number of hydrogen-bond donors (Lipinski definition) is 1. The van der Waals surface area contributed by atoms with Crippen LogP contribution in [0.2, 0.25) is 0 Å². The van der Waals surface area contributed by atoms with Gasteiger partial charge in [-0.25, -0.2) is 9.86 Å². The summed E-state index contributed by atoms with van der Waals surface area (Å²) in [6.45, 7) is 0.961. The number of hydroxylamine groups is 2. The molecule has 6 heteroatoms. The molecule has 0 aromatic heterocycles. The third-order valence-corrected chi connectivity index (χ3v) is 2.64. The molecule has 1 rings (SSSR count). The smallest absolute Gasteiger partial charge is 0.407 e. The summed E-state index contributed by atoms with van der Waals surface area (Å²) in [4.78, 5) is 28.2. The van der Waals surface area contributed by atoms with Gasteiger partial charge in [-0.3, -0.25) is 9.63 Å². The summed E-state index contributed by atoms with van der Waals surface area (Å²) in [5, 5.41) is 9.90. The van der Waals surface area contributed by atoms with Gasteiger partial charge in [0.15, 0.2) is 0 Å². The van der Waals surface area contributed by atoms with E-state index in [-0.39, 0.29) is 11.8 Å². The summed E-state index contributed by atoms with van der Waals surface area (Å²) in [5.74, 6) is 0.000869. The lowest BCUT2D eigenvalue weighted by atomic mass is 10.0. The Labute approximate surface area is 88.4 Å². The minimum absolute atomic E-state index is 0.116. The van der Waals surface area contributed by atoms with E-state index in [9.17, 15) is 9.59 Å². The van der Waals surface area contributed by atoms with Gasteiger partial charge < -0.3 is 10.0 Å². The summed E-state index contributed by atoms with van der Waals surface area (Å²) < 4.78 is 0. The number of carboxylic acid groups (broad SMARTS) is 1. The molecule has 1 saturated heterocycles. The number of amides is 2. The van der Waals surface area contributed by atoms with Crippen molar-refractivity contribution in [2.45, 2.75) is 12.8 Å². The van der Waals surface area contributed by atoms with Crippen molar-refractivity contribution in [2.75, 3.05) is 27.2 Å². The van der Waals surface area contributed by atoms with Gasteiger partial charge in [-0.2, -0.15) is 0 Å². The standard InChI is InChI=1S/C9H16N2O4/c1-10(15-2)8(12)5-7-3-4-11(6-7)9(13)14/h7H,3-6H2,1-2H3,(H,13,14). The average molecular weight is 216 g/mol. The van der Waals surface area contributed by atoms with Crippen molar-refractivity contribution in [3.63, 3.8) is 0 Å². The average Bonchev–Trinajstić information content (AvgIpc) is 2.65. The molecule has 86 valence electrons. The van der Waals surface area contributed by atoms with Crippen molar-refractivity contribution in [1.82, 2.24) is 9.96 Å². The van der Waals surface area contributed by atoms with Crippen molar-refractivity contribution in [2.24, 2.45) is 5.92 Å². The molecule has 15 heavy (non-hydrogen) atoms. The van der Waals surface area contributed by atoms with Crippen molar-refractivity contribution >= 4 is 12.0 Å². The van der Waals surface area contributed by atoms with Crippen molar-refractivity contribution in [3.8, 4) is 0 Å². The first-order valence-corrected chi connectivity index (χ1v) is 4.83. The fourth-order valence-electron chi connectivity index (χ4n) is 1.65. The quantitative estimate of drug-likeness (QED) is 0.693. The first-order chi connectivity index (χ1) is 7.04. The van der Waals surface area contributed by atoms with E-state index < -0.39 is 6.09 Å². The maximum Gasteiger partial charge on any atom is 0.407 e. The Kier molecular flexibility index (Phi) is 3.90. The van der Waals surface area contributed by atoms with Gasteiger partial charge in [-0.05, 0) is 12.3 Å². The third-order valence-electron chi connectivity index (χ3n) is 2.64. The lowest BCUT2D eigenvalue weighted by Gasteiger charge is -2.16. The second-order valence-electron chi connectivity index (χ2n) is 3.66. The molecule has 1 heterocycles. The van der Waals surface area contributed by atoms with Gasteiger partial charge in [0.1, 0.15) is 0 Å². The van der Waals surface area contributed by atoms with Crippen LogP contribution in [0.25, 0.3) is 0 Å². The highest BCUT2D eigenvalue weighted by Crippen LogP contribution is 2.20.